The second-order valence-electron chi connectivity index (χ2n) is 3.18. The van der Waals surface area contributed by atoms with Crippen LogP contribution in [0.5, 0.6) is 0 Å². The Morgan fingerprint density at radius 1 is 0.750 bits per heavy atom. The molecule has 0 saturated heterocycles. The third-order valence-electron chi connectivity index (χ3n) is 2.00. The molecule has 0 fully saturated rings. The Morgan fingerprint density at radius 2 is 1.17 bits per heavy atom. The average Bonchev–Trinajstić information content (AvgIpc) is 2.03. The van der Waals surface area contributed by atoms with Crippen LogP contribution in [-0.2, 0) is 0 Å². The van der Waals surface area contributed by atoms with E-state index >= 15 is 0 Å². The van der Waals surface area contributed by atoms with Crippen LogP contribution in [0.25, 0.3) is 0 Å². The van der Waals surface area contributed by atoms with Crippen molar-refractivity contribution >= 4 is 0 Å². The SMILES string of the molecule is CCCCCCCCCC[O-].[K+]. The third-order valence-corrected chi connectivity index (χ3v) is 2.00. The summed E-state index contributed by atoms with van der Waals surface area (Å²) in [6.45, 7) is 2.35. The molecule has 0 aliphatic carbocycles. The Bertz CT molecular complexity index is 58.9. The van der Waals surface area contributed by atoms with E-state index in [0.29, 0.717) is 0 Å². The molecule has 0 aromatic heterocycles. The molecule has 0 aliphatic heterocycles. The van der Waals surface area contributed by atoms with E-state index in [1.807, 2.05) is 0 Å². The minimum atomic E-state index is 0. The monoisotopic (exact) mass is 196 g/mol. The standard InChI is InChI=1S/C10H21O.K/c1-2-3-4-5-6-7-8-9-10-11;/h2-10H2,1H3;/q-1;+1. The Morgan fingerprint density at radius 3 is 1.58 bits per heavy atom. The van der Waals surface area contributed by atoms with Crippen LogP contribution < -0.4 is 56.5 Å². The van der Waals surface area contributed by atoms with Crippen molar-refractivity contribution in [3.05, 3.63) is 0 Å². The van der Waals surface area contributed by atoms with Gasteiger partial charge in [0.1, 0.15) is 0 Å². The maximum Gasteiger partial charge on any atom is 1.00 e. The van der Waals surface area contributed by atoms with Crippen LogP contribution in [0, 0.1) is 0 Å². The fourth-order valence-electron chi connectivity index (χ4n) is 1.24. The normalized spacial score (nSPS) is 9.50. The van der Waals surface area contributed by atoms with Gasteiger partial charge in [0.05, 0.1) is 0 Å². The third kappa shape index (κ3) is 14.1. The molecule has 68 valence electrons. The largest absolute Gasteiger partial charge is 1.00 e. The summed E-state index contributed by atoms with van der Waals surface area (Å²) in [6.07, 6.45) is 10.1. The fraction of sp³-hybridized carbons (Fsp3) is 1.00. The zero-order chi connectivity index (χ0) is 8.36. The predicted octanol–water partition coefficient (Wildman–Crippen LogP) is -0.509. The maximum absolute atomic E-state index is 10.1. The van der Waals surface area contributed by atoms with Gasteiger partial charge in [0, 0.05) is 0 Å². The molecule has 0 bridgehead atoms. The van der Waals surface area contributed by atoms with Crippen molar-refractivity contribution in [1.82, 2.24) is 0 Å². The molecule has 0 aliphatic rings. The molecule has 0 spiro atoms. The first-order chi connectivity index (χ1) is 5.41. The molecule has 0 N–H and O–H groups in total. The van der Waals surface area contributed by atoms with Gasteiger partial charge in [0.25, 0.3) is 0 Å². The summed E-state index contributed by atoms with van der Waals surface area (Å²) in [5.41, 5.74) is 0. The second-order valence-corrected chi connectivity index (χ2v) is 3.18. The van der Waals surface area contributed by atoms with Gasteiger partial charge in [-0.25, -0.2) is 0 Å². The van der Waals surface area contributed by atoms with Crippen molar-refractivity contribution < 1.29 is 56.5 Å². The molecule has 0 rings (SSSR count). The molecule has 0 saturated carbocycles. The summed E-state index contributed by atoms with van der Waals surface area (Å²) in [4.78, 5) is 0. The van der Waals surface area contributed by atoms with Gasteiger partial charge in [-0.15, -0.1) is 6.61 Å². The molecule has 0 atom stereocenters. The molecule has 12 heavy (non-hydrogen) atoms. The molecule has 2 heteroatoms. The van der Waals surface area contributed by atoms with Gasteiger partial charge >= 0.3 is 51.4 Å². The molecule has 0 heterocycles. The first-order valence-electron chi connectivity index (χ1n) is 5.00. The Kier molecular flexibility index (Phi) is 20.2. The van der Waals surface area contributed by atoms with Gasteiger partial charge in [0.2, 0.25) is 0 Å². The summed E-state index contributed by atoms with van der Waals surface area (Å²) >= 11 is 0. The van der Waals surface area contributed by atoms with Gasteiger partial charge in [-0.2, -0.15) is 0 Å². The number of hydrogen-bond donors (Lipinski definition) is 0. The van der Waals surface area contributed by atoms with E-state index in [2.05, 4.69) is 6.92 Å². The van der Waals surface area contributed by atoms with Crippen molar-refractivity contribution in [2.24, 2.45) is 0 Å². The summed E-state index contributed by atoms with van der Waals surface area (Å²) in [7, 11) is 0. The summed E-state index contributed by atoms with van der Waals surface area (Å²) in [6, 6.07) is 0. The molecule has 0 unspecified atom stereocenters. The molecular weight excluding hydrogens is 175 g/mol. The summed E-state index contributed by atoms with van der Waals surface area (Å²) in [5, 5.41) is 10.1. The van der Waals surface area contributed by atoms with Crippen molar-refractivity contribution in [1.29, 1.82) is 0 Å². The summed E-state index contributed by atoms with van der Waals surface area (Å²) < 4.78 is 0. The zero-order valence-corrected chi connectivity index (χ0v) is 11.9. The number of rotatable bonds is 8. The minimum Gasteiger partial charge on any atom is -0.854 e. The van der Waals surface area contributed by atoms with Crippen LogP contribution in [0.15, 0.2) is 0 Å². The topological polar surface area (TPSA) is 23.1 Å². The first kappa shape index (κ1) is 16.0. The molecule has 0 radical (unpaired) electrons. The Balaban J connectivity index is 0. The van der Waals surface area contributed by atoms with Crippen molar-refractivity contribution in [2.45, 2.75) is 58.3 Å². The average molecular weight is 196 g/mol. The van der Waals surface area contributed by atoms with Gasteiger partial charge in [0.15, 0.2) is 0 Å². The van der Waals surface area contributed by atoms with E-state index in [-0.39, 0.29) is 58.0 Å². The Labute approximate surface area is 120 Å². The van der Waals surface area contributed by atoms with Gasteiger partial charge in [-0.05, 0) is 0 Å². The van der Waals surface area contributed by atoms with E-state index in [1.54, 1.807) is 0 Å². The molecule has 0 aromatic rings. The van der Waals surface area contributed by atoms with Crippen LogP contribution in [0.2, 0.25) is 0 Å². The van der Waals surface area contributed by atoms with Crippen LogP contribution in [0.1, 0.15) is 58.3 Å². The Hall–Kier alpha value is 1.60. The van der Waals surface area contributed by atoms with Gasteiger partial charge < -0.3 is 5.11 Å². The predicted molar refractivity (Wildman–Crippen MR) is 47.5 cm³/mol. The van der Waals surface area contributed by atoms with E-state index in [4.69, 9.17) is 0 Å². The van der Waals surface area contributed by atoms with E-state index < -0.39 is 0 Å². The van der Waals surface area contributed by atoms with Crippen LogP contribution in [-0.4, -0.2) is 6.61 Å². The van der Waals surface area contributed by atoms with Crippen molar-refractivity contribution in [2.75, 3.05) is 6.61 Å². The quantitative estimate of drug-likeness (QED) is 0.379. The van der Waals surface area contributed by atoms with Crippen molar-refractivity contribution in [3.8, 4) is 0 Å². The van der Waals surface area contributed by atoms with Crippen molar-refractivity contribution in [3.63, 3.8) is 0 Å². The first-order valence-corrected chi connectivity index (χ1v) is 5.00. The van der Waals surface area contributed by atoms with E-state index in [9.17, 15) is 5.11 Å². The van der Waals surface area contributed by atoms with E-state index in [0.717, 1.165) is 12.8 Å². The molecule has 1 nitrogen and oxygen atoms in total. The zero-order valence-electron chi connectivity index (χ0n) is 8.77. The molecule has 0 aromatic carbocycles. The van der Waals surface area contributed by atoms with Crippen LogP contribution >= 0.6 is 0 Å². The smallest absolute Gasteiger partial charge is 0.854 e. The van der Waals surface area contributed by atoms with Gasteiger partial charge in [-0.3, -0.25) is 0 Å². The number of unbranched alkanes of at least 4 members (excludes halogenated alkanes) is 7. The second kappa shape index (κ2) is 15.1. The van der Waals surface area contributed by atoms with E-state index in [1.165, 1.54) is 38.5 Å². The molecule has 0 amide bonds. The number of hydrogen-bond acceptors (Lipinski definition) is 1. The van der Waals surface area contributed by atoms with Gasteiger partial charge in [-0.1, -0.05) is 58.3 Å². The fourth-order valence-corrected chi connectivity index (χ4v) is 1.24. The van der Waals surface area contributed by atoms with Crippen LogP contribution in [0.4, 0.5) is 0 Å². The molecular formula is C10H21KO. The maximum atomic E-state index is 10.1. The van der Waals surface area contributed by atoms with Crippen LogP contribution in [0.3, 0.4) is 0 Å². The summed E-state index contributed by atoms with van der Waals surface area (Å²) in [5.74, 6) is 0. The minimum absolute atomic E-state index is 0.